The van der Waals surface area contributed by atoms with Gasteiger partial charge in [-0.2, -0.15) is 0 Å². The van der Waals surface area contributed by atoms with E-state index in [0.717, 1.165) is 18.4 Å². The molecule has 114 valence electrons. The van der Waals surface area contributed by atoms with Gasteiger partial charge in [-0.15, -0.1) is 0 Å². The molecule has 1 fully saturated rings. The molecule has 1 heterocycles. The normalized spacial score (nSPS) is 18.1. The summed E-state index contributed by atoms with van der Waals surface area (Å²) < 4.78 is 32.4. The highest BCUT2D eigenvalue weighted by Crippen LogP contribution is 2.20. The predicted molar refractivity (Wildman–Crippen MR) is 83.5 cm³/mol. The van der Waals surface area contributed by atoms with E-state index in [1.54, 1.807) is 6.07 Å². The molecule has 1 aliphatic heterocycles. The van der Waals surface area contributed by atoms with Gasteiger partial charge in [0.25, 0.3) is 0 Å². The molecule has 0 aliphatic carbocycles. The lowest BCUT2D eigenvalue weighted by Crippen LogP contribution is -2.26. The molecule has 6 heteroatoms. The van der Waals surface area contributed by atoms with Gasteiger partial charge in [0.1, 0.15) is 0 Å². The van der Waals surface area contributed by atoms with Crippen LogP contribution in [0.3, 0.4) is 0 Å². The molecule has 0 amide bonds. The minimum Gasteiger partial charge on any atom is -0.377 e. The van der Waals surface area contributed by atoms with Gasteiger partial charge in [0, 0.05) is 12.2 Å². The number of hydrogen-bond donors (Lipinski definition) is 2. The van der Waals surface area contributed by atoms with Gasteiger partial charge in [0.2, 0.25) is 10.0 Å². The zero-order chi connectivity index (χ0) is 15.3. The maximum Gasteiger partial charge on any atom is 0.235 e. The van der Waals surface area contributed by atoms with Gasteiger partial charge in [-0.05, 0) is 37.5 Å². The van der Waals surface area contributed by atoms with Crippen LogP contribution in [0, 0.1) is 18.8 Å². The summed E-state index contributed by atoms with van der Waals surface area (Å²) in [5.41, 5.74) is 7.51. The topological polar surface area (TPSA) is 81.4 Å². The number of nitrogens with two attached hydrogens (primary N) is 1. The summed E-state index contributed by atoms with van der Waals surface area (Å²) in [6.45, 7) is 2.80. The Balaban J connectivity index is 2.17. The van der Waals surface area contributed by atoms with Crippen molar-refractivity contribution in [2.24, 2.45) is 5.73 Å². The summed E-state index contributed by atoms with van der Waals surface area (Å²) in [7, 11) is -3.45. The number of aryl methyl sites for hydroxylation is 1. The summed E-state index contributed by atoms with van der Waals surface area (Å²) in [6.07, 6.45) is 1.48. The molecule has 21 heavy (non-hydrogen) atoms. The minimum atomic E-state index is -3.45. The lowest BCUT2D eigenvalue weighted by atomic mass is 10.1. The smallest absolute Gasteiger partial charge is 0.235 e. The SMILES string of the molecule is Cc1ccc(NS(=O)(=O)CC2CCCO2)c(C#CCN)c1. The number of sulfonamides is 1. The molecular formula is C15H20N2O3S. The van der Waals surface area contributed by atoms with Crippen molar-refractivity contribution in [2.45, 2.75) is 25.9 Å². The Kier molecular flexibility index (Phi) is 5.23. The van der Waals surface area contributed by atoms with E-state index < -0.39 is 10.0 Å². The van der Waals surface area contributed by atoms with Crippen molar-refractivity contribution in [2.75, 3.05) is 23.6 Å². The lowest BCUT2D eigenvalue weighted by molar-refractivity contribution is 0.127. The maximum atomic E-state index is 12.2. The minimum absolute atomic E-state index is 0.0232. The van der Waals surface area contributed by atoms with E-state index in [9.17, 15) is 8.42 Å². The fraction of sp³-hybridized carbons (Fsp3) is 0.467. The molecule has 1 aromatic carbocycles. The fourth-order valence-electron chi connectivity index (χ4n) is 2.23. The number of nitrogens with one attached hydrogen (secondary N) is 1. The Morgan fingerprint density at radius 2 is 2.29 bits per heavy atom. The second-order valence-electron chi connectivity index (χ2n) is 5.07. The van der Waals surface area contributed by atoms with Crippen molar-refractivity contribution in [3.8, 4) is 11.8 Å². The third kappa shape index (κ3) is 4.74. The van der Waals surface area contributed by atoms with Crippen molar-refractivity contribution < 1.29 is 13.2 Å². The number of benzene rings is 1. The maximum absolute atomic E-state index is 12.2. The van der Waals surface area contributed by atoms with Gasteiger partial charge in [-0.1, -0.05) is 17.9 Å². The van der Waals surface area contributed by atoms with E-state index >= 15 is 0 Å². The average molecular weight is 308 g/mol. The second-order valence-corrected chi connectivity index (χ2v) is 6.84. The van der Waals surface area contributed by atoms with Crippen molar-refractivity contribution in [3.63, 3.8) is 0 Å². The van der Waals surface area contributed by atoms with Gasteiger partial charge < -0.3 is 10.5 Å². The summed E-state index contributed by atoms with van der Waals surface area (Å²) in [6, 6.07) is 5.41. The highest BCUT2D eigenvalue weighted by molar-refractivity contribution is 7.92. The van der Waals surface area contributed by atoms with Gasteiger partial charge in [0.05, 0.1) is 24.1 Å². The molecule has 2 rings (SSSR count). The number of hydrogen-bond acceptors (Lipinski definition) is 4. The molecule has 1 aliphatic rings. The number of anilines is 1. The first kappa shape index (κ1) is 15.8. The first-order valence-corrected chi connectivity index (χ1v) is 8.57. The van der Waals surface area contributed by atoms with E-state index in [0.29, 0.717) is 17.9 Å². The van der Waals surface area contributed by atoms with Gasteiger partial charge in [0.15, 0.2) is 0 Å². The van der Waals surface area contributed by atoms with Crippen LogP contribution in [-0.4, -0.2) is 33.4 Å². The second kappa shape index (κ2) is 6.94. The van der Waals surface area contributed by atoms with Crippen molar-refractivity contribution in [1.29, 1.82) is 0 Å². The van der Waals surface area contributed by atoms with Crippen molar-refractivity contribution >= 4 is 15.7 Å². The van der Waals surface area contributed by atoms with E-state index in [1.165, 1.54) is 0 Å². The summed E-state index contributed by atoms with van der Waals surface area (Å²) in [4.78, 5) is 0. The van der Waals surface area contributed by atoms with Gasteiger partial charge >= 0.3 is 0 Å². The van der Waals surface area contributed by atoms with E-state index in [-0.39, 0.29) is 18.4 Å². The van der Waals surface area contributed by atoms with Crippen LogP contribution in [0.5, 0.6) is 0 Å². The standard InChI is InChI=1S/C15H20N2O3S/c1-12-6-7-15(13(10-12)4-2-8-16)17-21(18,19)11-14-5-3-9-20-14/h6-7,10,14,17H,3,5,8-9,11,16H2,1H3. The zero-order valence-electron chi connectivity index (χ0n) is 12.1. The molecule has 1 atom stereocenters. The van der Waals surface area contributed by atoms with Crippen LogP contribution in [0.2, 0.25) is 0 Å². The first-order chi connectivity index (χ1) is 10.00. The van der Waals surface area contributed by atoms with Gasteiger partial charge in [-0.3, -0.25) is 4.72 Å². The third-order valence-electron chi connectivity index (χ3n) is 3.19. The highest BCUT2D eigenvalue weighted by atomic mass is 32.2. The molecule has 0 radical (unpaired) electrons. The molecule has 5 nitrogen and oxygen atoms in total. The van der Waals surface area contributed by atoms with E-state index in [4.69, 9.17) is 10.5 Å². The van der Waals surface area contributed by atoms with Crippen LogP contribution < -0.4 is 10.5 Å². The Hall–Kier alpha value is -1.55. The highest BCUT2D eigenvalue weighted by Gasteiger charge is 2.23. The van der Waals surface area contributed by atoms with Crippen LogP contribution in [0.15, 0.2) is 18.2 Å². The average Bonchev–Trinajstić information content (AvgIpc) is 2.90. The lowest BCUT2D eigenvalue weighted by Gasteiger charge is -2.13. The van der Waals surface area contributed by atoms with Crippen LogP contribution in [0.4, 0.5) is 5.69 Å². The number of ether oxygens (including phenoxy) is 1. The molecule has 0 spiro atoms. The quantitative estimate of drug-likeness (QED) is 0.820. The van der Waals surface area contributed by atoms with Crippen LogP contribution >= 0.6 is 0 Å². The zero-order valence-corrected chi connectivity index (χ0v) is 12.9. The fourth-order valence-corrected chi connectivity index (χ4v) is 3.58. The Morgan fingerprint density at radius 1 is 1.48 bits per heavy atom. The van der Waals surface area contributed by atoms with E-state index in [1.807, 2.05) is 19.1 Å². The molecule has 0 saturated carbocycles. The molecule has 0 bridgehead atoms. The number of rotatable bonds is 4. The Bertz CT molecular complexity index is 653. The first-order valence-electron chi connectivity index (χ1n) is 6.92. The summed E-state index contributed by atoms with van der Waals surface area (Å²) >= 11 is 0. The van der Waals surface area contributed by atoms with E-state index in [2.05, 4.69) is 16.6 Å². The molecule has 0 aromatic heterocycles. The molecule has 3 N–H and O–H groups in total. The largest absolute Gasteiger partial charge is 0.377 e. The third-order valence-corrected chi connectivity index (χ3v) is 4.54. The van der Waals surface area contributed by atoms with Crippen LogP contribution in [0.1, 0.15) is 24.0 Å². The molecular weight excluding hydrogens is 288 g/mol. The Morgan fingerprint density at radius 3 is 2.95 bits per heavy atom. The molecule has 1 aromatic rings. The van der Waals surface area contributed by atoms with Crippen molar-refractivity contribution in [1.82, 2.24) is 0 Å². The summed E-state index contributed by atoms with van der Waals surface area (Å²) in [5, 5.41) is 0. The van der Waals surface area contributed by atoms with Crippen LogP contribution in [-0.2, 0) is 14.8 Å². The van der Waals surface area contributed by atoms with Gasteiger partial charge in [-0.25, -0.2) is 8.42 Å². The molecule has 1 unspecified atom stereocenters. The summed E-state index contributed by atoms with van der Waals surface area (Å²) in [5.74, 6) is 5.62. The Labute approximate surface area is 125 Å². The predicted octanol–water partition coefficient (Wildman–Crippen LogP) is 1.23. The van der Waals surface area contributed by atoms with Crippen molar-refractivity contribution in [3.05, 3.63) is 29.3 Å². The monoisotopic (exact) mass is 308 g/mol. The van der Waals surface area contributed by atoms with Crippen LogP contribution in [0.25, 0.3) is 0 Å². The molecule has 1 saturated heterocycles.